The number of halogens is 3. The van der Waals surface area contributed by atoms with E-state index in [0.29, 0.717) is 16.3 Å². The van der Waals surface area contributed by atoms with Crippen LogP contribution in [0.4, 0.5) is 4.39 Å². The average Bonchev–Trinajstić information content (AvgIpc) is 2.80. The van der Waals surface area contributed by atoms with Crippen LogP contribution in [0.2, 0.25) is 10.0 Å². The van der Waals surface area contributed by atoms with Gasteiger partial charge in [-0.25, -0.2) is 9.37 Å². The van der Waals surface area contributed by atoms with Crippen molar-refractivity contribution in [2.24, 2.45) is 5.73 Å². The largest absolute Gasteiger partial charge is 0.342 e. The van der Waals surface area contributed by atoms with Crippen LogP contribution in [0, 0.1) is 5.82 Å². The Labute approximate surface area is 120 Å². The summed E-state index contributed by atoms with van der Waals surface area (Å²) in [7, 11) is 0. The van der Waals surface area contributed by atoms with Gasteiger partial charge in [0.15, 0.2) is 0 Å². The van der Waals surface area contributed by atoms with E-state index in [2.05, 4.69) is 9.97 Å². The summed E-state index contributed by atoms with van der Waals surface area (Å²) in [4.78, 5) is 7.34. The van der Waals surface area contributed by atoms with E-state index in [4.69, 9.17) is 28.9 Å². The molecule has 3 N–H and O–H groups in total. The van der Waals surface area contributed by atoms with Gasteiger partial charge in [0, 0.05) is 18.0 Å². The molecule has 2 rings (SSSR count). The zero-order valence-corrected chi connectivity index (χ0v) is 11.9. The van der Waals surface area contributed by atoms with Crippen LogP contribution in [0.25, 0.3) is 11.3 Å². The molecular formula is C13H14Cl2FN3. The Morgan fingerprint density at radius 2 is 2.11 bits per heavy atom. The van der Waals surface area contributed by atoms with Crippen molar-refractivity contribution in [3.63, 3.8) is 0 Å². The van der Waals surface area contributed by atoms with E-state index in [1.807, 2.05) is 6.92 Å². The first-order valence-electron chi connectivity index (χ1n) is 5.91. The van der Waals surface area contributed by atoms with E-state index in [1.165, 1.54) is 12.1 Å². The summed E-state index contributed by atoms with van der Waals surface area (Å²) in [6.07, 6.45) is 3.20. The molecule has 0 amide bonds. The number of benzene rings is 1. The maximum atomic E-state index is 13.5. The number of hydrogen-bond donors (Lipinski definition) is 2. The highest BCUT2D eigenvalue weighted by molar-refractivity contribution is 6.36. The van der Waals surface area contributed by atoms with E-state index < -0.39 is 5.82 Å². The molecule has 0 fully saturated rings. The van der Waals surface area contributed by atoms with E-state index in [1.54, 1.807) is 6.20 Å². The van der Waals surface area contributed by atoms with Crippen LogP contribution in [-0.2, 0) is 6.42 Å². The molecule has 0 aliphatic rings. The molecule has 102 valence electrons. The fourth-order valence-electron chi connectivity index (χ4n) is 1.72. The number of imidazole rings is 1. The van der Waals surface area contributed by atoms with Gasteiger partial charge in [0.2, 0.25) is 0 Å². The van der Waals surface area contributed by atoms with E-state index in [0.717, 1.165) is 18.7 Å². The maximum Gasteiger partial charge on any atom is 0.142 e. The van der Waals surface area contributed by atoms with Gasteiger partial charge in [-0.15, -0.1) is 0 Å². The summed E-state index contributed by atoms with van der Waals surface area (Å²) in [6.45, 7) is 1.94. The molecule has 0 bridgehead atoms. The van der Waals surface area contributed by atoms with Crippen LogP contribution >= 0.6 is 23.2 Å². The number of nitrogens with one attached hydrogen (secondary N) is 1. The molecular weight excluding hydrogens is 288 g/mol. The minimum Gasteiger partial charge on any atom is -0.342 e. The number of nitrogens with zero attached hydrogens (tertiary/aromatic N) is 1. The monoisotopic (exact) mass is 301 g/mol. The SMILES string of the molecule is CC(N)CCc1ncc(-c2cc(F)c(Cl)cc2Cl)[nH]1. The predicted molar refractivity (Wildman–Crippen MR) is 76.0 cm³/mol. The van der Waals surface area contributed by atoms with E-state index in [9.17, 15) is 4.39 Å². The molecule has 0 aliphatic carbocycles. The number of aryl methyl sites for hydroxylation is 1. The number of aromatic amines is 1. The molecule has 19 heavy (non-hydrogen) atoms. The minimum absolute atomic E-state index is 0.00504. The lowest BCUT2D eigenvalue weighted by atomic mass is 10.1. The summed E-state index contributed by atoms with van der Waals surface area (Å²) in [6, 6.07) is 2.80. The van der Waals surface area contributed by atoms with Crippen LogP contribution in [0.1, 0.15) is 19.2 Å². The van der Waals surface area contributed by atoms with Crippen molar-refractivity contribution in [1.29, 1.82) is 0 Å². The predicted octanol–water partition coefficient (Wildman–Crippen LogP) is 3.80. The summed E-state index contributed by atoms with van der Waals surface area (Å²) in [5.41, 5.74) is 6.90. The Morgan fingerprint density at radius 3 is 2.79 bits per heavy atom. The molecule has 0 aliphatic heterocycles. The van der Waals surface area contributed by atoms with Gasteiger partial charge < -0.3 is 10.7 Å². The minimum atomic E-state index is -0.507. The van der Waals surface area contributed by atoms with Crippen LogP contribution in [0.15, 0.2) is 18.3 Å². The van der Waals surface area contributed by atoms with Gasteiger partial charge in [-0.1, -0.05) is 23.2 Å². The van der Waals surface area contributed by atoms with Gasteiger partial charge in [0.25, 0.3) is 0 Å². The zero-order valence-electron chi connectivity index (χ0n) is 10.4. The second-order valence-corrected chi connectivity index (χ2v) is 5.32. The highest BCUT2D eigenvalue weighted by atomic mass is 35.5. The molecule has 3 nitrogen and oxygen atoms in total. The number of nitrogens with two attached hydrogens (primary N) is 1. The lowest BCUT2D eigenvalue weighted by molar-refractivity contribution is 0.628. The van der Waals surface area contributed by atoms with Gasteiger partial charge in [-0.3, -0.25) is 0 Å². The Morgan fingerprint density at radius 1 is 1.37 bits per heavy atom. The summed E-state index contributed by atoms with van der Waals surface area (Å²) < 4.78 is 13.5. The molecule has 2 aromatic rings. The Balaban J connectivity index is 2.25. The number of rotatable bonds is 4. The molecule has 0 spiro atoms. The highest BCUT2D eigenvalue weighted by Crippen LogP contribution is 2.31. The molecule has 6 heteroatoms. The first-order chi connectivity index (χ1) is 8.97. The van der Waals surface area contributed by atoms with E-state index in [-0.39, 0.29) is 11.1 Å². The molecule has 0 radical (unpaired) electrons. The van der Waals surface area contributed by atoms with Crippen LogP contribution < -0.4 is 5.73 Å². The van der Waals surface area contributed by atoms with E-state index >= 15 is 0 Å². The molecule has 0 saturated carbocycles. The molecule has 0 saturated heterocycles. The third kappa shape index (κ3) is 3.47. The Bertz CT molecular complexity index is 581. The summed E-state index contributed by atoms with van der Waals surface area (Å²) >= 11 is 11.7. The second kappa shape index (κ2) is 5.90. The topological polar surface area (TPSA) is 54.7 Å². The summed E-state index contributed by atoms with van der Waals surface area (Å²) in [5, 5.41) is 0.388. The summed E-state index contributed by atoms with van der Waals surface area (Å²) in [5.74, 6) is 0.298. The van der Waals surface area contributed by atoms with Crippen LogP contribution in [-0.4, -0.2) is 16.0 Å². The lowest BCUT2D eigenvalue weighted by Crippen LogP contribution is -2.15. The number of hydrogen-bond acceptors (Lipinski definition) is 2. The fourth-order valence-corrected chi connectivity index (χ4v) is 2.20. The van der Waals surface area contributed by atoms with Crippen LogP contribution in [0.3, 0.4) is 0 Å². The van der Waals surface area contributed by atoms with Crippen molar-refractivity contribution in [2.75, 3.05) is 0 Å². The number of H-pyrrole nitrogens is 1. The molecule has 1 unspecified atom stereocenters. The van der Waals surface area contributed by atoms with Crippen molar-refractivity contribution >= 4 is 23.2 Å². The molecule has 1 aromatic heterocycles. The first kappa shape index (κ1) is 14.3. The zero-order chi connectivity index (χ0) is 14.0. The third-order valence-electron chi connectivity index (χ3n) is 2.77. The van der Waals surface area contributed by atoms with Gasteiger partial charge in [0.05, 0.1) is 21.9 Å². The number of aromatic nitrogens is 2. The van der Waals surface area contributed by atoms with Gasteiger partial charge >= 0.3 is 0 Å². The van der Waals surface area contributed by atoms with Crippen LogP contribution in [0.5, 0.6) is 0 Å². The van der Waals surface area contributed by atoms with Crippen molar-refractivity contribution in [3.8, 4) is 11.3 Å². The second-order valence-electron chi connectivity index (χ2n) is 4.51. The first-order valence-corrected chi connectivity index (χ1v) is 6.67. The average molecular weight is 302 g/mol. The Kier molecular flexibility index (Phi) is 4.45. The lowest BCUT2D eigenvalue weighted by Gasteiger charge is -2.04. The molecule has 1 aromatic carbocycles. The van der Waals surface area contributed by atoms with Crippen molar-refractivity contribution in [2.45, 2.75) is 25.8 Å². The van der Waals surface area contributed by atoms with Crippen molar-refractivity contribution in [3.05, 3.63) is 40.0 Å². The Hall–Kier alpha value is -1.10. The van der Waals surface area contributed by atoms with Crippen molar-refractivity contribution in [1.82, 2.24) is 9.97 Å². The standard InChI is InChI=1S/C13H14Cl2FN3/c1-7(17)2-3-13-18-6-12(19-13)8-4-11(16)10(15)5-9(8)14/h4-7H,2-3,17H2,1H3,(H,18,19). The highest BCUT2D eigenvalue weighted by Gasteiger charge is 2.11. The smallest absolute Gasteiger partial charge is 0.142 e. The molecule has 1 atom stereocenters. The van der Waals surface area contributed by atoms with Gasteiger partial charge in [-0.2, -0.15) is 0 Å². The third-order valence-corrected chi connectivity index (χ3v) is 3.37. The van der Waals surface area contributed by atoms with Crippen molar-refractivity contribution < 1.29 is 4.39 Å². The molecule has 1 heterocycles. The fraction of sp³-hybridized carbons (Fsp3) is 0.308. The van der Waals surface area contributed by atoms with Gasteiger partial charge in [0.1, 0.15) is 11.6 Å². The maximum absolute atomic E-state index is 13.5. The quantitative estimate of drug-likeness (QED) is 0.844. The van der Waals surface area contributed by atoms with Gasteiger partial charge in [-0.05, 0) is 25.5 Å². The normalized spacial score (nSPS) is 12.7.